The highest BCUT2D eigenvalue weighted by molar-refractivity contribution is 6.35. The molecule has 0 aliphatic carbocycles. The zero-order valence-electron chi connectivity index (χ0n) is 8.15. The van der Waals surface area contributed by atoms with Gasteiger partial charge in [0.05, 0.1) is 5.02 Å². The Hall–Kier alpha value is -1.45. The van der Waals surface area contributed by atoms with Crippen molar-refractivity contribution in [3.8, 4) is 11.6 Å². The van der Waals surface area contributed by atoms with Crippen molar-refractivity contribution < 1.29 is 4.74 Å². The van der Waals surface area contributed by atoms with Gasteiger partial charge in [0.2, 0.25) is 5.88 Å². The molecular weight excluding hydrogens is 247 g/mol. The Morgan fingerprint density at radius 2 is 1.94 bits per heavy atom. The highest BCUT2D eigenvalue weighted by Crippen LogP contribution is 2.30. The minimum atomic E-state index is 0.393. The third-order valence-corrected chi connectivity index (χ3v) is 2.40. The van der Waals surface area contributed by atoms with Crippen molar-refractivity contribution in [2.24, 2.45) is 0 Å². The summed E-state index contributed by atoms with van der Waals surface area (Å²) in [6.07, 6.45) is 1.56. The number of nitrogen functional groups attached to an aromatic ring is 1. The lowest BCUT2D eigenvalue weighted by Crippen LogP contribution is -1.91. The van der Waals surface area contributed by atoms with Crippen LogP contribution in [0, 0.1) is 0 Å². The molecule has 1 aromatic carbocycles. The van der Waals surface area contributed by atoms with Crippen LogP contribution in [-0.4, -0.2) is 4.98 Å². The number of ether oxygens (including phenoxy) is 1. The maximum absolute atomic E-state index is 5.95. The number of hydrogen-bond donors (Lipinski definition) is 1. The van der Waals surface area contributed by atoms with Gasteiger partial charge in [-0.25, -0.2) is 4.98 Å². The number of hydrogen-bond acceptors (Lipinski definition) is 3. The standard InChI is InChI=1S/C11H8Cl2N2O/c12-7-1-2-10(9(13)5-7)16-11-6-8(14)3-4-15-11/h1-6H,(H2,14,15). The molecule has 0 amide bonds. The quantitative estimate of drug-likeness (QED) is 0.888. The van der Waals surface area contributed by atoms with Crippen LogP contribution >= 0.6 is 23.2 Å². The molecule has 16 heavy (non-hydrogen) atoms. The summed E-state index contributed by atoms with van der Waals surface area (Å²) in [6.45, 7) is 0. The molecule has 0 fully saturated rings. The average molecular weight is 255 g/mol. The van der Waals surface area contributed by atoms with Crippen molar-refractivity contribution in [3.05, 3.63) is 46.6 Å². The molecule has 0 saturated carbocycles. The van der Waals surface area contributed by atoms with Gasteiger partial charge in [-0.05, 0) is 24.3 Å². The fourth-order valence-electron chi connectivity index (χ4n) is 1.15. The van der Waals surface area contributed by atoms with Crippen molar-refractivity contribution in [1.29, 1.82) is 0 Å². The van der Waals surface area contributed by atoms with Crippen LogP contribution in [0.3, 0.4) is 0 Å². The van der Waals surface area contributed by atoms with E-state index in [1.165, 1.54) is 0 Å². The first-order valence-electron chi connectivity index (χ1n) is 4.49. The second kappa shape index (κ2) is 4.60. The SMILES string of the molecule is Nc1ccnc(Oc2ccc(Cl)cc2Cl)c1. The molecule has 2 aromatic rings. The van der Waals surface area contributed by atoms with E-state index in [4.69, 9.17) is 33.7 Å². The number of nitrogens with two attached hydrogens (primary N) is 1. The maximum atomic E-state index is 5.95. The zero-order valence-corrected chi connectivity index (χ0v) is 9.66. The summed E-state index contributed by atoms with van der Waals surface area (Å²) >= 11 is 11.7. The molecule has 0 bridgehead atoms. The first-order chi connectivity index (χ1) is 7.65. The number of pyridine rings is 1. The molecule has 82 valence electrons. The molecule has 3 nitrogen and oxygen atoms in total. The average Bonchev–Trinajstić information content (AvgIpc) is 2.22. The molecule has 0 saturated heterocycles. The van der Waals surface area contributed by atoms with Crippen molar-refractivity contribution in [1.82, 2.24) is 4.98 Å². The fourth-order valence-corrected chi connectivity index (χ4v) is 1.60. The normalized spacial score (nSPS) is 10.1. The van der Waals surface area contributed by atoms with Crippen molar-refractivity contribution in [2.45, 2.75) is 0 Å². The predicted molar refractivity (Wildman–Crippen MR) is 65.2 cm³/mol. The number of rotatable bonds is 2. The molecule has 1 heterocycles. The van der Waals surface area contributed by atoms with E-state index in [0.717, 1.165) is 0 Å². The summed E-state index contributed by atoms with van der Waals surface area (Å²) < 4.78 is 5.46. The summed E-state index contributed by atoms with van der Waals surface area (Å²) in [4.78, 5) is 4.00. The van der Waals surface area contributed by atoms with E-state index in [0.29, 0.717) is 27.4 Å². The molecular formula is C11H8Cl2N2O. The van der Waals surface area contributed by atoms with E-state index in [-0.39, 0.29) is 0 Å². The van der Waals surface area contributed by atoms with Gasteiger partial charge < -0.3 is 10.5 Å². The van der Waals surface area contributed by atoms with Crippen LogP contribution < -0.4 is 10.5 Å². The third kappa shape index (κ3) is 2.56. The minimum Gasteiger partial charge on any atom is -0.437 e. The summed E-state index contributed by atoms with van der Waals surface area (Å²) in [7, 11) is 0. The van der Waals surface area contributed by atoms with Gasteiger partial charge in [0.15, 0.2) is 0 Å². The molecule has 2 rings (SSSR count). The first-order valence-corrected chi connectivity index (χ1v) is 5.25. The Kier molecular flexibility index (Phi) is 3.17. The van der Waals surface area contributed by atoms with Gasteiger partial charge in [-0.2, -0.15) is 0 Å². The molecule has 0 radical (unpaired) electrons. The largest absolute Gasteiger partial charge is 0.437 e. The lowest BCUT2D eigenvalue weighted by atomic mass is 10.3. The summed E-state index contributed by atoms with van der Waals surface area (Å²) in [6, 6.07) is 8.26. The first kappa shape index (κ1) is 11.0. The van der Waals surface area contributed by atoms with Crippen LogP contribution in [0.15, 0.2) is 36.5 Å². The van der Waals surface area contributed by atoms with E-state index in [1.54, 1.807) is 36.5 Å². The number of nitrogens with zero attached hydrogens (tertiary/aromatic N) is 1. The van der Waals surface area contributed by atoms with E-state index in [1.807, 2.05) is 0 Å². The fraction of sp³-hybridized carbons (Fsp3) is 0. The molecule has 1 aromatic heterocycles. The lowest BCUT2D eigenvalue weighted by Gasteiger charge is -2.06. The highest BCUT2D eigenvalue weighted by atomic mass is 35.5. The maximum Gasteiger partial charge on any atom is 0.221 e. The van der Waals surface area contributed by atoms with Gasteiger partial charge in [-0.15, -0.1) is 0 Å². The third-order valence-electron chi connectivity index (χ3n) is 1.87. The van der Waals surface area contributed by atoms with Gasteiger partial charge in [0.25, 0.3) is 0 Å². The predicted octanol–water partition coefficient (Wildman–Crippen LogP) is 3.76. The molecule has 5 heteroatoms. The second-order valence-electron chi connectivity index (χ2n) is 3.10. The highest BCUT2D eigenvalue weighted by Gasteiger charge is 2.04. The smallest absolute Gasteiger partial charge is 0.221 e. The lowest BCUT2D eigenvalue weighted by molar-refractivity contribution is 0.463. The van der Waals surface area contributed by atoms with Gasteiger partial charge >= 0.3 is 0 Å². The zero-order chi connectivity index (χ0) is 11.5. The minimum absolute atomic E-state index is 0.393. The molecule has 0 aliphatic heterocycles. The topological polar surface area (TPSA) is 48.1 Å². The number of halogens is 2. The monoisotopic (exact) mass is 254 g/mol. The van der Waals surface area contributed by atoms with Crippen LogP contribution in [0.2, 0.25) is 10.0 Å². The summed E-state index contributed by atoms with van der Waals surface area (Å²) in [5.74, 6) is 0.883. The van der Waals surface area contributed by atoms with Crippen LogP contribution in [0.5, 0.6) is 11.6 Å². The number of benzene rings is 1. The van der Waals surface area contributed by atoms with Crippen LogP contribution in [0.25, 0.3) is 0 Å². The second-order valence-corrected chi connectivity index (χ2v) is 3.95. The van der Waals surface area contributed by atoms with E-state index in [2.05, 4.69) is 4.98 Å². The van der Waals surface area contributed by atoms with Gasteiger partial charge in [-0.1, -0.05) is 23.2 Å². The van der Waals surface area contributed by atoms with Gasteiger partial charge in [0.1, 0.15) is 5.75 Å². The molecule has 0 unspecified atom stereocenters. The van der Waals surface area contributed by atoms with Gasteiger partial charge in [-0.3, -0.25) is 0 Å². The Bertz CT molecular complexity index is 517. The van der Waals surface area contributed by atoms with E-state index >= 15 is 0 Å². The molecule has 0 spiro atoms. The van der Waals surface area contributed by atoms with Crippen molar-refractivity contribution >= 4 is 28.9 Å². The summed E-state index contributed by atoms with van der Waals surface area (Å²) in [5.41, 5.74) is 6.18. The Morgan fingerprint density at radius 3 is 2.62 bits per heavy atom. The van der Waals surface area contributed by atoms with E-state index in [9.17, 15) is 0 Å². The Labute approximate surface area is 103 Å². The summed E-state index contributed by atoms with van der Waals surface area (Å²) in [5, 5.41) is 0.981. The van der Waals surface area contributed by atoms with E-state index < -0.39 is 0 Å². The van der Waals surface area contributed by atoms with Gasteiger partial charge in [0, 0.05) is 23.0 Å². The number of aromatic nitrogens is 1. The van der Waals surface area contributed by atoms with Crippen LogP contribution in [0.4, 0.5) is 5.69 Å². The molecule has 0 aliphatic rings. The number of anilines is 1. The van der Waals surface area contributed by atoms with Crippen molar-refractivity contribution in [2.75, 3.05) is 5.73 Å². The van der Waals surface area contributed by atoms with Crippen LogP contribution in [-0.2, 0) is 0 Å². The molecule has 0 atom stereocenters. The Balaban J connectivity index is 2.27. The Morgan fingerprint density at radius 1 is 1.12 bits per heavy atom. The molecule has 2 N–H and O–H groups in total. The van der Waals surface area contributed by atoms with Crippen molar-refractivity contribution in [3.63, 3.8) is 0 Å². The van der Waals surface area contributed by atoms with Crippen LogP contribution in [0.1, 0.15) is 0 Å².